The molecule has 146 valence electrons. The molecule has 0 unspecified atom stereocenters. The van der Waals surface area contributed by atoms with E-state index in [2.05, 4.69) is 9.97 Å². The lowest BCUT2D eigenvalue weighted by atomic mass is 10.2. The number of nitrogens with zero attached hydrogens (tertiary/aromatic N) is 3. The fourth-order valence-electron chi connectivity index (χ4n) is 2.52. The van der Waals surface area contributed by atoms with E-state index in [4.69, 9.17) is 11.6 Å². The van der Waals surface area contributed by atoms with Gasteiger partial charge < -0.3 is 4.90 Å². The van der Waals surface area contributed by atoms with E-state index in [0.717, 1.165) is 17.3 Å². The molecule has 1 aromatic heterocycles. The van der Waals surface area contributed by atoms with Gasteiger partial charge >= 0.3 is 6.18 Å². The Morgan fingerprint density at radius 2 is 1.89 bits per heavy atom. The van der Waals surface area contributed by atoms with Gasteiger partial charge in [-0.15, -0.1) is 0 Å². The number of rotatable bonds is 5. The van der Waals surface area contributed by atoms with Gasteiger partial charge in [0.1, 0.15) is 5.03 Å². The van der Waals surface area contributed by atoms with Crippen LogP contribution in [0.15, 0.2) is 53.6 Å². The van der Waals surface area contributed by atoms with Crippen LogP contribution in [-0.2, 0) is 17.5 Å². The van der Waals surface area contributed by atoms with E-state index in [9.17, 15) is 18.0 Å². The zero-order valence-electron chi connectivity index (χ0n) is 14.7. The average molecular weight is 426 g/mol. The van der Waals surface area contributed by atoms with E-state index in [1.165, 1.54) is 11.0 Å². The quantitative estimate of drug-likeness (QED) is 0.424. The third-order valence-electron chi connectivity index (χ3n) is 3.89. The first-order valence-corrected chi connectivity index (χ1v) is 9.55. The van der Waals surface area contributed by atoms with Crippen LogP contribution in [0.1, 0.15) is 11.4 Å². The maximum atomic E-state index is 13.1. The number of hydrogen-bond acceptors (Lipinski definition) is 4. The lowest BCUT2D eigenvalue weighted by molar-refractivity contribution is -0.145. The summed E-state index contributed by atoms with van der Waals surface area (Å²) in [5.41, 5.74) is 1.05. The topological polar surface area (TPSA) is 46.1 Å². The fourth-order valence-corrected chi connectivity index (χ4v) is 3.69. The second kappa shape index (κ2) is 8.36. The van der Waals surface area contributed by atoms with Gasteiger partial charge in [-0.25, -0.2) is 9.97 Å². The number of carbonyl (C=O) groups excluding carboxylic acids is 1. The van der Waals surface area contributed by atoms with Crippen LogP contribution in [0, 0.1) is 0 Å². The van der Waals surface area contributed by atoms with Crippen molar-refractivity contribution in [3.8, 4) is 0 Å². The Kier molecular flexibility index (Phi) is 6.10. The molecule has 0 aliphatic heterocycles. The molecule has 0 bridgehead atoms. The maximum absolute atomic E-state index is 13.1. The number of halogens is 4. The minimum atomic E-state index is -4.66. The molecular weight excluding hydrogens is 411 g/mol. The summed E-state index contributed by atoms with van der Waals surface area (Å²) in [5.74, 6) is -1.50. The van der Waals surface area contributed by atoms with E-state index in [1.807, 2.05) is 6.07 Å². The normalized spacial score (nSPS) is 11.6. The highest BCUT2D eigenvalue weighted by Gasteiger charge is 2.35. The standard InChI is InChI=1S/C19H15ClF3N3OS/c1-26(10-12-5-4-6-13(20)9-12)16(27)11-28-17-14-7-2-3-8-15(14)24-18(25-17)19(21,22)23/h2-9H,10-11H2,1H3. The molecule has 0 atom stereocenters. The third-order valence-corrected chi connectivity index (χ3v) is 5.10. The number of fused-ring (bicyclic) bond motifs is 1. The molecule has 3 rings (SSSR count). The first-order chi connectivity index (χ1) is 13.2. The van der Waals surface area contributed by atoms with Crippen molar-refractivity contribution < 1.29 is 18.0 Å². The Bertz CT molecular complexity index is 1010. The second-order valence-electron chi connectivity index (χ2n) is 6.04. The van der Waals surface area contributed by atoms with Crippen molar-refractivity contribution in [2.75, 3.05) is 12.8 Å². The highest BCUT2D eigenvalue weighted by molar-refractivity contribution is 8.00. The van der Waals surface area contributed by atoms with Crippen molar-refractivity contribution in [2.45, 2.75) is 17.7 Å². The summed E-state index contributed by atoms with van der Waals surface area (Å²) in [6.45, 7) is 0.346. The summed E-state index contributed by atoms with van der Waals surface area (Å²) in [5, 5.41) is 1.17. The van der Waals surface area contributed by atoms with Crippen molar-refractivity contribution in [3.63, 3.8) is 0 Å². The predicted molar refractivity (Wildman–Crippen MR) is 103 cm³/mol. The molecule has 0 aliphatic rings. The van der Waals surface area contributed by atoms with E-state index in [1.54, 1.807) is 43.4 Å². The van der Waals surface area contributed by atoms with Crippen LogP contribution in [-0.4, -0.2) is 33.6 Å². The molecule has 9 heteroatoms. The van der Waals surface area contributed by atoms with Gasteiger partial charge in [0.15, 0.2) is 0 Å². The molecular formula is C19H15ClF3N3OS. The third kappa shape index (κ3) is 4.94. The zero-order valence-corrected chi connectivity index (χ0v) is 16.3. The Morgan fingerprint density at radius 1 is 1.14 bits per heavy atom. The van der Waals surface area contributed by atoms with Gasteiger partial charge in [0, 0.05) is 24.0 Å². The Balaban J connectivity index is 1.76. The molecule has 3 aromatic rings. The van der Waals surface area contributed by atoms with E-state index in [0.29, 0.717) is 17.0 Å². The van der Waals surface area contributed by atoms with Crippen LogP contribution in [0.4, 0.5) is 13.2 Å². The first-order valence-electron chi connectivity index (χ1n) is 8.19. The Hall–Kier alpha value is -2.32. The minimum absolute atomic E-state index is 0.0463. The van der Waals surface area contributed by atoms with E-state index < -0.39 is 12.0 Å². The minimum Gasteiger partial charge on any atom is -0.341 e. The van der Waals surface area contributed by atoms with Crippen LogP contribution < -0.4 is 0 Å². The molecule has 1 heterocycles. The molecule has 0 saturated carbocycles. The second-order valence-corrected chi connectivity index (χ2v) is 7.44. The highest BCUT2D eigenvalue weighted by Crippen LogP contribution is 2.32. The summed E-state index contributed by atoms with van der Waals surface area (Å²) in [4.78, 5) is 21.1. The van der Waals surface area contributed by atoms with Crippen molar-refractivity contribution >= 4 is 40.2 Å². The van der Waals surface area contributed by atoms with Crippen LogP contribution in [0.5, 0.6) is 0 Å². The first kappa shape index (κ1) is 20.4. The van der Waals surface area contributed by atoms with Crippen LogP contribution >= 0.6 is 23.4 Å². The average Bonchev–Trinajstić information content (AvgIpc) is 2.64. The predicted octanol–water partition coefficient (Wildman–Crippen LogP) is 5.05. The summed E-state index contributed by atoms with van der Waals surface area (Å²) in [6, 6.07) is 13.5. The molecule has 1 amide bonds. The molecule has 0 N–H and O–H groups in total. The molecule has 0 saturated heterocycles. The summed E-state index contributed by atoms with van der Waals surface area (Å²) in [6.07, 6.45) is -4.66. The largest absolute Gasteiger partial charge is 0.451 e. The fraction of sp³-hybridized carbons (Fsp3) is 0.211. The smallest absolute Gasteiger partial charge is 0.341 e. The van der Waals surface area contributed by atoms with Crippen molar-refractivity contribution in [1.29, 1.82) is 0 Å². The number of para-hydroxylation sites is 1. The van der Waals surface area contributed by atoms with Gasteiger partial charge in [-0.05, 0) is 23.8 Å². The Morgan fingerprint density at radius 3 is 2.61 bits per heavy atom. The van der Waals surface area contributed by atoms with Gasteiger partial charge in [0.25, 0.3) is 0 Å². The van der Waals surface area contributed by atoms with Crippen LogP contribution in [0.2, 0.25) is 5.02 Å². The number of aromatic nitrogens is 2. The summed E-state index contributed by atoms with van der Waals surface area (Å²) >= 11 is 6.90. The SMILES string of the molecule is CN(Cc1cccc(Cl)c1)C(=O)CSc1nc(C(F)(F)F)nc2ccccc12. The molecule has 0 spiro atoms. The molecule has 0 radical (unpaired) electrons. The Labute approximate surface area is 168 Å². The van der Waals surface area contributed by atoms with Gasteiger partial charge in [-0.2, -0.15) is 13.2 Å². The number of amides is 1. The lowest BCUT2D eigenvalue weighted by Crippen LogP contribution is -2.27. The molecule has 0 aliphatic carbocycles. The highest BCUT2D eigenvalue weighted by atomic mass is 35.5. The van der Waals surface area contributed by atoms with E-state index >= 15 is 0 Å². The summed E-state index contributed by atoms with van der Waals surface area (Å²) < 4.78 is 39.2. The van der Waals surface area contributed by atoms with Crippen molar-refractivity contribution in [1.82, 2.24) is 14.9 Å². The molecule has 28 heavy (non-hydrogen) atoms. The lowest BCUT2D eigenvalue weighted by Gasteiger charge is -2.17. The number of alkyl halides is 3. The van der Waals surface area contributed by atoms with Crippen LogP contribution in [0.25, 0.3) is 10.9 Å². The molecule has 0 fully saturated rings. The number of carbonyl (C=O) groups is 1. The number of hydrogen-bond donors (Lipinski definition) is 0. The van der Waals surface area contributed by atoms with E-state index in [-0.39, 0.29) is 22.2 Å². The van der Waals surface area contributed by atoms with Gasteiger partial charge in [0.2, 0.25) is 11.7 Å². The monoisotopic (exact) mass is 425 g/mol. The van der Waals surface area contributed by atoms with Crippen molar-refractivity contribution in [3.05, 3.63) is 64.9 Å². The van der Waals surface area contributed by atoms with Crippen LogP contribution in [0.3, 0.4) is 0 Å². The van der Waals surface area contributed by atoms with Crippen molar-refractivity contribution in [2.24, 2.45) is 0 Å². The van der Waals surface area contributed by atoms with Gasteiger partial charge in [-0.3, -0.25) is 4.79 Å². The number of thioether (sulfide) groups is 1. The summed E-state index contributed by atoms with van der Waals surface area (Å²) in [7, 11) is 1.63. The number of benzene rings is 2. The van der Waals surface area contributed by atoms with Gasteiger partial charge in [0.05, 0.1) is 11.3 Å². The molecule has 2 aromatic carbocycles. The zero-order chi connectivity index (χ0) is 20.3. The molecule has 4 nitrogen and oxygen atoms in total. The van der Waals surface area contributed by atoms with Gasteiger partial charge in [-0.1, -0.05) is 53.7 Å². The maximum Gasteiger partial charge on any atom is 0.451 e.